The summed E-state index contributed by atoms with van der Waals surface area (Å²) in [7, 11) is 0. The van der Waals surface area contributed by atoms with Crippen molar-refractivity contribution in [1.29, 1.82) is 0 Å². The van der Waals surface area contributed by atoms with Gasteiger partial charge < -0.3 is 5.11 Å². The molecule has 0 spiro atoms. The van der Waals surface area contributed by atoms with Crippen LogP contribution in [0.1, 0.15) is 18.1 Å². The molecule has 0 aliphatic carbocycles. The largest absolute Gasteiger partial charge is 0.394 e. The lowest BCUT2D eigenvalue weighted by molar-refractivity contribution is 0.196. The van der Waals surface area contributed by atoms with Crippen molar-refractivity contribution >= 4 is 5.71 Å². The molecule has 0 heterocycles. The van der Waals surface area contributed by atoms with Gasteiger partial charge in [0.05, 0.1) is 25.4 Å². The molecule has 0 aliphatic rings. The highest BCUT2D eigenvalue weighted by Crippen LogP contribution is 2.07. The topological polar surface area (TPSA) is 35.8 Å². The molecule has 0 aromatic heterocycles. The van der Waals surface area contributed by atoms with E-state index in [4.69, 9.17) is 0 Å². The summed E-state index contributed by atoms with van der Waals surface area (Å²) in [6, 6.07) is 20.2. The van der Waals surface area contributed by atoms with Crippen molar-refractivity contribution in [2.24, 2.45) is 5.10 Å². The summed E-state index contributed by atoms with van der Waals surface area (Å²) in [5.74, 6) is 0. The monoisotopic (exact) mass is 268 g/mol. The maximum Gasteiger partial charge on any atom is 0.0646 e. The van der Waals surface area contributed by atoms with E-state index in [0.717, 1.165) is 11.3 Å². The van der Waals surface area contributed by atoms with Crippen LogP contribution in [0.4, 0.5) is 0 Å². The summed E-state index contributed by atoms with van der Waals surface area (Å²) in [5.41, 5.74) is 3.24. The molecule has 3 heteroatoms. The highest BCUT2D eigenvalue weighted by Gasteiger charge is 2.04. The van der Waals surface area contributed by atoms with Crippen molar-refractivity contribution in [3.8, 4) is 0 Å². The van der Waals surface area contributed by atoms with E-state index in [2.05, 4.69) is 17.2 Å². The number of aliphatic hydroxyl groups excluding tert-OH is 1. The second kappa shape index (κ2) is 7.46. The second-order valence-electron chi connectivity index (χ2n) is 4.65. The Labute approximate surface area is 120 Å². The minimum absolute atomic E-state index is 0.0956. The summed E-state index contributed by atoms with van der Waals surface area (Å²) in [6.07, 6.45) is 0. The van der Waals surface area contributed by atoms with Gasteiger partial charge in [0.1, 0.15) is 0 Å². The summed E-state index contributed by atoms with van der Waals surface area (Å²) in [5, 5.41) is 15.7. The molecule has 0 fully saturated rings. The normalized spacial score (nSPS) is 11.4. The lowest BCUT2D eigenvalue weighted by atomic mass is 10.1. The molecule has 0 amide bonds. The van der Waals surface area contributed by atoms with Gasteiger partial charge in [0.2, 0.25) is 0 Å². The van der Waals surface area contributed by atoms with E-state index < -0.39 is 0 Å². The molecule has 2 aromatic rings. The second-order valence-corrected chi connectivity index (χ2v) is 4.65. The average Bonchev–Trinajstić information content (AvgIpc) is 2.49. The fraction of sp³-hybridized carbons (Fsp3) is 0.235. The van der Waals surface area contributed by atoms with Crippen LogP contribution in [0.5, 0.6) is 0 Å². The van der Waals surface area contributed by atoms with E-state index in [0.29, 0.717) is 13.1 Å². The first-order valence-electron chi connectivity index (χ1n) is 6.80. The Bertz CT molecular complexity index is 537. The van der Waals surface area contributed by atoms with Gasteiger partial charge in [0.15, 0.2) is 0 Å². The van der Waals surface area contributed by atoms with Gasteiger partial charge in [-0.25, -0.2) is 0 Å². The number of aliphatic hydroxyl groups is 1. The van der Waals surface area contributed by atoms with Gasteiger partial charge in [-0.1, -0.05) is 60.7 Å². The Morgan fingerprint density at radius 3 is 2.20 bits per heavy atom. The lowest BCUT2D eigenvalue weighted by Crippen LogP contribution is -2.22. The van der Waals surface area contributed by atoms with Crippen LogP contribution in [-0.2, 0) is 6.54 Å². The van der Waals surface area contributed by atoms with E-state index in [1.165, 1.54) is 5.56 Å². The predicted octanol–water partition coefficient (Wildman–Crippen LogP) is 2.91. The number of hydrazone groups is 1. The summed E-state index contributed by atoms with van der Waals surface area (Å²) < 4.78 is 0. The van der Waals surface area contributed by atoms with Gasteiger partial charge in [-0.05, 0) is 18.1 Å². The number of rotatable bonds is 6. The first-order chi connectivity index (χ1) is 9.79. The minimum Gasteiger partial charge on any atom is -0.394 e. The molecular weight excluding hydrogens is 248 g/mol. The highest BCUT2D eigenvalue weighted by molar-refractivity contribution is 5.98. The first kappa shape index (κ1) is 14.3. The van der Waals surface area contributed by atoms with Crippen LogP contribution < -0.4 is 0 Å². The van der Waals surface area contributed by atoms with Gasteiger partial charge >= 0.3 is 0 Å². The smallest absolute Gasteiger partial charge is 0.0646 e. The van der Waals surface area contributed by atoms with Crippen molar-refractivity contribution < 1.29 is 5.11 Å². The number of nitrogens with zero attached hydrogens (tertiary/aromatic N) is 2. The Kier molecular flexibility index (Phi) is 5.33. The molecule has 2 aromatic carbocycles. The number of benzene rings is 2. The van der Waals surface area contributed by atoms with Crippen molar-refractivity contribution in [1.82, 2.24) is 5.01 Å². The zero-order chi connectivity index (χ0) is 14.2. The summed E-state index contributed by atoms with van der Waals surface area (Å²) in [6.45, 7) is 3.31. The molecule has 1 N–H and O–H groups in total. The van der Waals surface area contributed by atoms with Crippen molar-refractivity contribution in [3.05, 3.63) is 71.8 Å². The van der Waals surface area contributed by atoms with E-state index in [-0.39, 0.29) is 6.61 Å². The Balaban J connectivity index is 2.12. The Morgan fingerprint density at radius 1 is 1.00 bits per heavy atom. The van der Waals surface area contributed by atoms with Crippen LogP contribution in [0.2, 0.25) is 0 Å². The zero-order valence-corrected chi connectivity index (χ0v) is 11.7. The van der Waals surface area contributed by atoms with Crippen molar-refractivity contribution in [2.75, 3.05) is 13.2 Å². The SMILES string of the molecule is C/C(=N/N(CCO)Cc1ccccc1)c1ccccc1. The van der Waals surface area contributed by atoms with E-state index in [9.17, 15) is 5.11 Å². The van der Waals surface area contributed by atoms with Crippen LogP contribution in [0.3, 0.4) is 0 Å². The quantitative estimate of drug-likeness (QED) is 0.646. The molecule has 104 valence electrons. The number of hydrogen-bond acceptors (Lipinski definition) is 3. The molecule has 0 unspecified atom stereocenters. The van der Waals surface area contributed by atoms with Gasteiger partial charge in [-0.2, -0.15) is 5.10 Å². The third-order valence-electron chi connectivity index (χ3n) is 3.05. The zero-order valence-electron chi connectivity index (χ0n) is 11.7. The van der Waals surface area contributed by atoms with Gasteiger partial charge in [0.25, 0.3) is 0 Å². The Morgan fingerprint density at radius 2 is 1.60 bits per heavy atom. The molecule has 0 saturated carbocycles. The maximum atomic E-state index is 9.19. The van der Waals surface area contributed by atoms with Gasteiger partial charge in [-0.15, -0.1) is 0 Å². The molecule has 0 bridgehead atoms. The van der Waals surface area contributed by atoms with Gasteiger partial charge in [0, 0.05) is 0 Å². The molecular formula is C17H20N2O. The van der Waals surface area contributed by atoms with Gasteiger partial charge in [-0.3, -0.25) is 5.01 Å². The summed E-state index contributed by atoms with van der Waals surface area (Å²) in [4.78, 5) is 0. The lowest BCUT2D eigenvalue weighted by Gasteiger charge is -2.19. The Hall–Kier alpha value is -2.13. The van der Waals surface area contributed by atoms with E-state index >= 15 is 0 Å². The minimum atomic E-state index is 0.0956. The van der Waals surface area contributed by atoms with Crippen LogP contribution in [-0.4, -0.2) is 29.0 Å². The van der Waals surface area contributed by atoms with Crippen LogP contribution in [0, 0.1) is 0 Å². The average molecular weight is 268 g/mol. The fourth-order valence-electron chi connectivity index (χ4n) is 2.02. The van der Waals surface area contributed by atoms with Crippen LogP contribution >= 0.6 is 0 Å². The maximum absolute atomic E-state index is 9.19. The fourth-order valence-corrected chi connectivity index (χ4v) is 2.02. The molecule has 0 radical (unpaired) electrons. The molecule has 20 heavy (non-hydrogen) atoms. The molecule has 0 atom stereocenters. The molecule has 0 aliphatic heterocycles. The molecule has 3 nitrogen and oxygen atoms in total. The van der Waals surface area contributed by atoms with Crippen molar-refractivity contribution in [3.63, 3.8) is 0 Å². The predicted molar refractivity (Wildman–Crippen MR) is 82.6 cm³/mol. The van der Waals surface area contributed by atoms with Crippen molar-refractivity contribution in [2.45, 2.75) is 13.5 Å². The van der Waals surface area contributed by atoms with E-state index in [1.807, 2.05) is 60.5 Å². The highest BCUT2D eigenvalue weighted by atomic mass is 16.3. The standard InChI is InChI=1S/C17H20N2O/c1-15(17-10-6-3-7-11-17)18-19(12-13-20)14-16-8-4-2-5-9-16/h2-11,20H,12-14H2,1H3/b18-15-. The third kappa shape index (κ3) is 4.21. The van der Waals surface area contributed by atoms with E-state index in [1.54, 1.807) is 0 Å². The van der Waals surface area contributed by atoms with Crippen LogP contribution in [0.15, 0.2) is 65.8 Å². The first-order valence-corrected chi connectivity index (χ1v) is 6.80. The third-order valence-corrected chi connectivity index (χ3v) is 3.05. The molecule has 0 saturated heterocycles. The molecule has 2 rings (SSSR count). The summed E-state index contributed by atoms with van der Waals surface area (Å²) >= 11 is 0. The van der Waals surface area contributed by atoms with Crippen LogP contribution in [0.25, 0.3) is 0 Å². The number of hydrogen-bond donors (Lipinski definition) is 1.